The molecule has 0 aromatic heterocycles. The van der Waals surface area contributed by atoms with E-state index in [0.717, 1.165) is 0 Å². The number of benzene rings is 1. The summed E-state index contributed by atoms with van der Waals surface area (Å²) in [4.78, 5) is 15.2. The fourth-order valence-electron chi connectivity index (χ4n) is 1.18. The Kier molecular flexibility index (Phi) is 5.33. The van der Waals surface area contributed by atoms with Crippen LogP contribution in [0.15, 0.2) is 29.3 Å². The van der Waals surface area contributed by atoms with E-state index in [0.29, 0.717) is 18.0 Å². The number of carbonyl (C=O) groups excluding carboxylic acids is 1. The molecule has 1 N–H and O–H groups in total. The quantitative estimate of drug-likeness (QED) is 0.781. The van der Waals surface area contributed by atoms with Crippen molar-refractivity contribution in [3.63, 3.8) is 0 Å². The molecule has 0 aliphatic heterocycles. The zero-order valence-corrected chi connectivity index (χ0v) is 10.1. The maximum atomic E-state index is 13.2. The van der Waals surface area contributed by atoms with Crippen molar-refractivity contribution in [1.29, 1.82) is 0 Å². The van der Waals surface area contributed by atoms with Gasteiger partial charge in [0.15, 0.2) is 0 Å². The molecule has 0 aliphatic rings. The summed E-state index contributed by atoms with van der Waals surface area (Å²) < 4.78 is 13.2. The molecule has 0 aliphatic carbocycles. The Hall–Kier alpha value is -1.71. The molecule has 0 saturated heterocycles. The Labute approximate surface area is 101 Å². The molecule has 92 valence electrons. The highest BCUT2D eigenvalue weighted by atomic mass is 19.1. The van der Waals surface area contributed by atoms with Crippen LogP contribution in [-0.2, 0) is 4.79 Å². The van der Waals surface area contributed by atoms with Crippen molar-refractivity contribution in [2.75, 3.05) is 13.1 Å². The Morgan fingerprint density at radius 2 is 2.18 bits per heavy atom. The molecule has 0 radical (unpaired) electrons. The average molecular weight is 236 g/mol. The molecule has 0 spiro atoms. The summed E-state index contributed by atoms with van der Waals surface area (Å²) in [5, 5.41) is 2.74. The van der Waals surface area contributed by atoms with Crippen molar-refractivity contribution in [3.8, 4) is 0 Å². The van der Waals surface area contributed by atoms with Gasteiger partial charge in [-0.15, -0.1) is 0 Å². The molecule has 0 atom stereocenters. The van der Waals surface area contributed by atoms with Crippen LogP contribution in [0.3, 0.4) is 0 Å². The van der Waals surface area contributed by atoms with E-state index in [2.05, 4.69) is 10.3 Å². The van der Waals surface area contributed by atoms with Gasteiger partial charge in [-0.2, -0.15) is 0 Å². The van der Waals surface area contributed by atoms with E-state index in [-0.39, 0.29) is 18.3 Å². The van der Waals surface area contributed by atoms with Gasteiger partial charge in [0.2, 0.25) is 5.91 Å². The van der Waals surface area contributed by atoms with E-state index in [4.69, 9.17) is 0 Å². The van der Waals surface area contributed by atoms with Gasteiger partial charge < -0.3 is 5.32 Å². The molecule has 1 rings (SSSR count). The van der Waals surface area contributed by atoms with E-state index < -0.39 is 0 Å². The fraction of sp³-hybridized carbons (Fsp3) is 0.385. The maximum absolute atomic E-state index is 13.2. The molecule has 3 nitrogen and oxygen atoms in total. The van der Waals surface area contributed by atoms with E-state index in [9.17, 15) is 9.18 Å². The van der Waals surface area contributed by atoms with Gasteiger partial charge in [-0.05, 0) is 12.0 Å². The monoisotopic (exact) mass is 236 g/mol. The lowest BCUT2D eigenvalue weighted by Gasteiger charge is -2.05. The zero-order chi connectivity index (χ0) is 12.7. The maximum Gasteiger partial charge on any atom is 0.241 e. The van der Waals surface area contributed by atoms with E-state index >= 15 is 0 Å². The largest absolute Gasteiger partial charge is 0.354 e. The van der Waals surface area contributed by atoms with Gasteiger partial charge in [-0.25, -0.2) is 4.39 Å². The van der Waals surface area contributed by atoms with Crippen LogP contribution in [0.25, 0.3) is 0 Å². The second kappa shape index (κ2) is 6.78. The third kappa shape index (κ3) is 5.24. The summed E-state index contributed by atoms with van der Waals surface area (Å²) in [6, 6.07) is 6.32. The minimum Gasteiger partial charge on any atom is -0.354 e. The lowest BCUT2D eigenvalue weighted by molar-refractivity contribution is -0.119. The molecule has 0 heterocycles. The molecule has 1 aromatic rings. The van der Waals surface area contributed by atoms with Crippen LogP contribution in [0.5, 0.6) is 0 Å². The number of hydrogen-bond donors (Lipinski definition) is 1. The van der Waals surface area contributed by atoms with E-state index in [1.165, 1.54) is 12.3 Å². The first-order valence-corrected chi connectivity index (χ1v) is 5.60. The van der Waals surface area contributed by atoms with Crippen LogP contribution in [0.4, 0.5) is 4.39 Å². The van der Waals surface area contributed by atoms with Gasteiger partial charge in [0, 0.05) is 18.3 Å². The second-order valence-electron chi connectivity index (χ2n) is 4.19. The molecule has 17 heavy (non-hydrogen) atoms. The Bertz CT molecular complexity index is 402. The molecule has 1 aromatic carbocycles. The first-order valence-electron chi connectivity index (χ1n) is 5.60. The van der Waals surface area contributed by atoms with Gasteiger partial charge in [-0.1, -0.05) is 32.0 Å². The summed E-state index contributed by atoms with van der Waals surface area (Å²) in [5.41, 5.74) is 0.393. The number of halogens is 1. The van der Waals surface area contributed by atoms with Crippen molar-refractivity contribution in [1.82, 2.24) is 5.32 Å². The summed E-state index contributed by atoms with van der Waals surface area (Å²) >= 11 is 0. The number of aliphatic imine (C=N–C) groups is 1. The predicted octanol–water partition coefficient (Wildman–Crippen LogP) is 2.02. The minimum absolute atomic E-state index is 0.0288. The minimum atomic E-state index is -0.334. The second-order valence-corrected chi connectivity index (χ2v) is 4.19. The highest BCUT2D eigenvalue weighted by molar-refractivity contribution is 5.84. The van der Waals surface area contributed by atoms with Crippen molar-refractivity contribution < 1.29 is 9.18 Å². The van der Waals surface area contributed by atoms with Gasteiger partial charge in [0.05, 0.1) is 0 Å². The van der Waals surface area contributed by atoms with Gasteiger partial charge in [0.25, 0.3) is 0 Å². The fourth-order valence-corrected chi connectivity index (χ4v) is 1.18. The van der Waals surface area contributed by atoms with Crippen LogP contribution in [0.1, 0.15) is 19.4 Å². The third-order valence-corrected chi connectivity index (χ3v) is 2.08. The number of rotatable bonds is 5. The van der Waals surface area contributed by atoms with Crippen LogP contribution in [0.2, 0.25) is 0 Å². The molecule has 0 saturated carbocycles. The number of hydrogen-bond acceptors (Lipinski definition) is 2. The summed E-state index contributed by atoms with van der Waals surface area (Å²) in [5.74, 6) is -0.0698. The van der Waals surface area contributed by atoms with Gasteiger partial charge >= 0.3 is 0 Å². The molecular weight excluding hydrogens is 219 g/mol. The highest BCUT2D eigenvalue weighted by Gasteiger charge is 2.00. The summed E-state index contributed by atoms with van der Waals surface area (Å²) in [7, 11) is 0. The van der Waals surface area contributed by atoms with E-state index in [1.807, 2.05) is 13.8 Å². The Balaban J connectivity index is 2.40. The zero-order valence-electron chi connectivity index (χ0n) is 10.1. The molecular formula is C13H17FN2O. The normalized spacial score (nSPS) is 11.1. The number of carbonyl (C=O) groups is 1. The predicted molar refractivity (Wildman–Crippen MR) is 66.7 cm³/mol. The molecule has 1 amide bonds. The lowest BCUT2D eigenvalue weighted by Crippen LogP contribution is -2.29. The van der Waals surface area contributed by atoms with Crippen molar-refractivity contribution in [2.24, 2.45) is 10.9 Å². The first-order chi connectivity index (χ1) is 8.09. The molecule has 0 bridgehead atoms. The van der Waals surface area contributed by atoms with Crippen LogP contribution in [-0.4, -0.2) is 25.2 Å². The van der Waals surface area contributed by atoms with E-state index in [1.54, 1.807) is 18.2 Å². The summed E-state index contributed by atoms with van der Waals surface area (Å²) in [6.45, 7) is 4.70. The first kappa shape index (κ1) is 13.4. The van der Waals surface area contributed by atoms with Gasteiger partial charge in [-0.3, -0.25) is 9.79 Å². The van der Waals surface area contributed by atoms with Crippen LogP contribution < -0.4 is 5.32 Å². The lowest BCUT2D eigenvalue weighted by atomic mass is 10.2. The summed E-state index contributed by atoms with van der Waals surface area (Å²) in [6.07, 6.45) is 1.38. The Morgan fingerprint density at radius 1 is 1.47 bits per heavy atom. The number of nitrogens with one attached hydrogen (secondary N) is 1. The molecule has 0 fully saturated rings. The average Bonchev–Trinajstić information content (AvgIpc) is 2.29. The number of nitrogens with zero attached hydrogens (tertiary/aromatic N) is 1. The third-order valence-electron chi connectivity index (χ3n) is 2.08. The van der Waals surface area contributed by atoms with Crippen molar-refractivity contribution in [2.45, 2.75) is 13.8 Å². The molecule has 4 heteroatoms. The van der Waals surface area contributed by atoms with Crippen LogP contribution >= 0.6 is 0 Å². The van der Waals surface area contributed by atoms with Crippen LogP contribution in [0, 0.1) is 11.7 Å². The SMILES string of the molecule is CC(C)CNC(=O)C/N=C/c1ccccc1F. The molecule has 0 unspecified atom stereocenters. The number of amides is 1. The van der Waals surface area contributed by atoms with Gasteiger partial charge in [0.1, 0.15) is 12.4 Å². The topological polar surface area (TPSA) is 41.5 Å². The highest BCUT2D eigenvalue weighted by Crippen LogP contribution is 2.02. The van der Waals surface area contributed by atoms with Crippen molar-refractivity contribution >= 4 is 12.1 Å². The van der Waals surface area contributed by atoms with Crippen molar-refractivity contribution in [3.05, 3.63) is 35.6 Å². The standard InChI is InChI=1S/C13H17FN2O/c1-10(2)7-16-13(17)9-15-8-11-5-3-4-6-12(11)14/h3-6,8,10H,7,9H2,1-2H3,(H,16,17)/b15-8+. The Morgan fingerprint density at radius 3 is 2.82 bits per heavy atom. The smallest absolute Gasteiger partial charge is 0.241 e.